The fourth-order valence-corrected chi connectivity index (χ4v) is 1.79. The zero-order chi connectivity index (χ0) is 8.32. The first-order valence-electron chi connectivity index (χ1n) is 4.53. The zero-order valence-electron chi connectivity index (χ0n) is 7.47. The molecule has 1 rings (SSSR count). The molecular weight excluding hydrogens is 140 g/mol. The van der Waals surface area contributed by atoms with E-state index in [1.165, 1.54) is 0 Å². The summed E-state index contributed by atoms with van der Waals surface area (Å²) in [6.07, 6.45) is 2.72. The van der Waals surface area contributed by atoms with E-state index in [0.29, 0.717) is 5.92 Å². The van der Waals surface area contributed by atoms with Crippen LogP contribution < -0.4 is 0 Å². The summed E-state index contributed by atoms with van der Waals surface area (Å²) in [6, 6.07) is 0. The van der Waals surface area contributed by atoms with Crippen molar-refractivity contribution in [3.63, 3.8) is 0 Å². The van der Waals surface area contributed by atoms with Crippen LogP contribution in [0.1, 0.15) is 33.1 Å². The van der Waals surface area contributed by atoms with E-state index in [2.05, 4.69) is 0 Å². The highest BCUT2D eigenvalue weighted by molar-refractivity contribution is 4.86. The standard InChI is InChI=1S/C9H18O2/c1-3-9(10,4-2)8-5-6-11-7-8/h8,10H,3-7H2,1-2H3/t8-/m0/s1. The number of hydrogen-bond acceptors (Lipinski definition) is 2. The highest BCUT2D eigenvalue weighted by Crippen LogP contribution is 2.31. The number of ether oxygens (including phenoxy) is 1. The zero-order valence-corrected chi connectivity index (χ0v) is 7.47. The molecule has 0 aromatic carbocycles. The lowest BCUT2D eigenvalue weighted by atomic mass is 9.82. The first-order valence-corrected chi connectivity index (χ1v) is 4.53. The van der Waals surface area contributed by atoms with Gasteiger partial charge in [-0.1, -0.05) is 13.8 Å². The van der Waals surface area contributed by atoms with Crippen LogP contribution in [-0.4, -0.2) is 23.9 Å². The van der Waals surface area contributed by atoms with Gasteiger partial charge in [-0.3, -0.25) is 0 Å². The smallest absolute Gasteiger partial charge is 0.0693 e. The second-order valence-electron chi connectivity index (χ2n) is 3.37. The summed E-state index contributed by atoms with van der Waals surface area (Å²) in [4.78, 5) is 0. The average Bonchev–Trinajstić information content (AvgIpc) is 2.55. The predicted octanol–water partition coefficient (Wildman–Crippen LogP) is 1.57. The molecule has 0 aromatic heterocycles. The quantitative estimate of drug-likeness (QED) is 0.675. The maximum absolute atomic E-state index is 10.0. The van der Waals surface area contributed by atoms with Crippen molar-refractivity contribution >= 4 is 0 Å². The van der Waals surface area contributed by atoms with E-state index in [1.807, 2.05) is 13.8 Å². The Kier molecular flexibility index (Phi) is 2.90. The third-order valence-electron chi connectivity index (χ3n) is 2.91. The van der Waals surface area contributed by atoms with Gasteiger partial charge in [0.15, 0.2) is 0 Å². The minimum Gasteiger partial charge on any atom is -0.390 e. The van der Waals surface area contributed by atoms with E-state index in [1.54, 1.807) is 0 Å². The first-order chi connectivity index (χ1) is 5.23. The minimum atomic E-state index is -0.462. The Morgan fingerprint density at radius 2 is 2.09 bits per heavy atom. The molecule has 1 saturated heterocycles. The molecule has 1 aliphatic rings. The van der Waals surface area contributed by atoms with Crippen molar-refractivity contribution in [3.05, 3.63) is 0 Å². The lowest BCUT2D eigenvalue weighted by molar-refractivity contribution is -0.0283. The molecule has 1 fully saturated rings. The summed E-state index contributed by atoms with van der Waals surface area (Å²) < 4.78 is 5.25. The molecule has 66 valence electrons. The summed E-state index contributed by atoms with van der Waals surface area (Å²) in [7, 11) is 0. The van der Waals surface area contributed by atoms with Gasteiger partial charge >= 0.3 is 0 Å². The lowest BCUT2D eigenvalue weighted by Gasteiger charge is -2.30. The molecule has 1 atom stereocenters. The van der Waals surface area contributed by atoms with Crippen molar-refractivity contribution in [1.29, 1.82) is 0 Å². The van der Waals surface area contributed by atoms with E-state index in [9.17, 15) is 5.11 Å². The molecule has 0 bridgehead atoms. The summed E-state index contributed by atoms with van der Waals surface area (Å²) in [6.45, 7) is 5.66. The summed E-state index contributed by atoms with van der Waals surface area (Å²) in [5, 5.41) is 10.0. The topological polar surface area (TPSA) is 29.5 Å². The van der Waals surface area contributed by atoms with Gasteiger partial charge in [-0.25, -0.2) is 0 Å². The van der Waals surface area contributed by atoms with Crippen molar-refractivity contribution in [2.75, 3.05) is 13.2 Å². The normalized spacial score (nSPS) is 25.9. The number of hydrogen-bond donors (Lipinski definition) is 1. The third-order valence-corrected chi connectivity index (χ3v) is 2.91. The van der Waals surface area contributed by atoms with Gasteiger partial charge in [0.05, 0.1) is 12.2 Å². The van der Waals surface area contributed by atoms with Crippen molar-refractivity contribution < 1.29 is 9.84 Å². The van der Waals surface area contributed by atoms with Gasteiger partial charge in [0.1, 0.15) is 0 Å². The fourth-order valence-electron chi connectivity index (χ4n) is 1.79. The van der Waals surface area contributed by atoms with E-state index < -0.39 is 5.60 Å². The lowest BCUT2D eigenvalue weighted by Crippen LogP contribution is -2.36. The molecule has 11 heavy (non-hydrogen) atoms. The molecule has 0 spiro atoms. The average molecular weight is 158 g/mol. The molecule has 0 aliphatic carbocycles. The Hall–Kier alpha value is -0.0800. The van der Waals surface area contributed by atoms with Crippen LogP contribution in [0.15, 0.2) is 0 Å². The maximum atomic E-state index is 10.0. The van der Waals surface area contributed by atoms with E-state index in [-0.39, 0.29) is 0 Å². The van der Waals surface area contributed by atoms with Crippen molar-refractivity contribution in [2.24, 2.45) is 5.92 Å². The molecule has 0 amide bonds. The molecule has 2 heteroatoms. The Labute approximate surface area is 68.6 Å². The first kappa shape index (κ1) is 9.01. The van der Waals surface area contributed by atoms with Crippen LogP contribution in [0.4, 0.5) is 0 Å². The molecule has 2 nitrogen and oxygen atoms in total. The largest absolute Gasteiger partial charge is 0.390 e. The highest BCUT2D eigenvalue weighted by atomic mass is 16.5. The molecule has 0 radical (unpaired) electrons. The van der Waals surface area contributed by atoms with Crippen LogP contribution in [-0.2, 0) is 4.74 Å². The third kappa shape index (κ3) is 1.74. The van der Waals surface area contributed by atoms with Crippen molar-refractivity contribution in [3.8, 4) is 0 Å². The highest BCUT2D eigenvalue weighted by Gasteiger charge is 2.35. The monoisotopic (exact) mass is 158 g/mol. The molecule has 1 heterocycles. The Morgan fingerprint density at radius 1 is 1.45 bits per heavy atom. The molecular formula is C9H18O2. The van der Waals surface area contributed by atoms with Gasteiger partial charge in [0.2, 0.25) is 0 Å². The van der Waals surface area contributed by atoms with Gasteiger partial charge in [-0.05, 0) is 19.3 Å². The summed E-state index contributed by atoms with van der Waals surface area (Å²) in [5.41, 5.74) is -0.462. The van der Waals surface area contributed by atoms with Crippen LogP contribution in [0.5, 0.6) is 0 Å². The maximum Gasteiger partial charge on any atom is 0.0693 e. The van der Waals surface area contributed by atoms with Crippen molar-refractivity contribution in [2.45, 2.75) is 38.7 Å². The van der Waals surface area contributed by atoms with Gasteiger partial charge in [-0.15, -0.1) is 0 Å². The fraction of sp³-hybridized carbons (Fsp3) is 1.00. The number of rotatable bonds is 3. The molecule has 0 unspecified atom stereocenters. The minimum absolute atomic E-state index is 0.373. The Bertz CT molecular complexity index is 113. The van der Waals surface area contributed by atoms with Crippen LogP contribution in [0.2, 0.25) is 0 Å². The van der Waals surface area contributed by atoms with Gasteiger partial charge in [-0.2, -0.15) is 0 Å². The molecule has 1 aliphatic heterocycles. The van der Waals surface area contributed by atoms with Crippen LogP contribution in [0.3, 0.4) is 0 Å². The molecule has 0 saturated carbocycles. The van der Waals surface area contributed by atoms with E-state index in [0.717, 1.165) is 32.5 Å². The molecule has 0 aromatic rings. The van der Waals surface area contributed by atoms with Gasteiger partial charge in [0, 0.05) is 12.5 Å². The predicted molar refractivity (Wildman–Crippen MR) is 44.5 cm³/mol. The van der Waals surface area contributed by atoms with Crippen LogP contribution >= 0.6 is 0 Å². The summed E-state index contributed by atoms with van der Waals surface area (Å²) >= 11 is 0. The Balaban J connectivity index is 2.52. The second-order valence-corrected chi connectivity index (χ2v) is 3.37. The molecule has 1 N–H and O–H groups in total. The second kappa shape index (κ2) is 3.55. The van der Waals surface area contributed by atoms with Gasteiger partial charge in [0.25, 0.3) is 0 Å². The number of aliphatic hydroxyl groups is 1. The summed E-state index contributed by atoms with van der Waals surface area (Å²) in [5.74, 6) is 0.373. The SMILES string of the molecule is CCC(O)(CC)[C@H]1CCOC1. The van der Waals surface area contributed by atoms with Crippen LogP contribution in [0, 0.1) is 5.92 Å². The van der Waals surface area contributed by atoms with Crippen molar-refractivity contribution in [1.82, 2.24) is 0 Å². The van der Waals surface area contributed by atoms with E-state index >= 15 is 0 Å². The Morgan fingerprint density at radius 3 is 2.45 bits per heavy atom. The van der Waals surface area contributed by atoms with Crippen LogP contribution in [0.25, 0.3) is 0 Å². The van der Waals surface area contributed by atoms with E-state index in [4.69, 9.17) is 4.74 Å². The van der Waals surface area contributed by atoms with Gasteiger partial charge < -0.3 is 9.84 Å².